The Kier molecular flexibility index (Phi) is 5.31. The van der Waals surface area contributed by atoms with Crippen molar-refractivity contribution in [2.24, 2.45) is 0 Å². The highest BCUT2D eigenvalue weighted by Gasteiger charge is 2.18. The minimum absolute atomic E-state index is 0.101. The fourth-order valence-electron chi connectivity index (χ4n) is 2.33. The van der Waals surface area contributed by atoms with E-state index in [1.54, 1.807) is 0 Å². The van der Waals surface area contributed by atoms with Gasteiger partial charge in [-0.15, -0.1) is 0 Å². The molecule has 1 unspecified atom stereocenters. The number of likely N-dealkylation sites (N-methyl/N-ethyl adjacent to an activating group) is 1. The first-order valence-corrected chi connectivity index (χ1v) is 6.69. The van der Waals surface area contributed by atoms with E-state index >= 15 is 0 Å². The normalized spacial score (nSPS) is 12.5. The van der Waals surface area contributed by atoms with Crippen LogP contribution in [0.4, 0.5) is 0 Å². The number of nitrogens with zero attached hydrogens (tertiary/aromatic N) is 3. The van der Waals surface area contributed by atoms with Crippen LogP contribution in [0, 0.1) is 25.2 Å². The van der Waals surface area contributed by atoms with Crippen LogP contribution in [0.3, 0.4) is 0 Å². The average molecular weight is 261 g/mol. The SMILES string of the molecule is CCn1c(C)cc(C(=O)CN(C)C(C)CC#N)c1C. The first kappa shape index (κ1) is 15.5. The second-order valence-electron chi connectivity index (χ2n) is 5.08. The number of rotatable bonds is 6. The molecular formula is C15H23N3O. The van der Waals surface area contributed by atoms with E-state index in [2.05, 4.69) is 17.6 Å². The van der Waals surface area contributed by atoms with Crippen LogP contribution in [-0.4, -0.2) is 34.9 Å². The highest BCUT2D eigenvalue weighted by atomic mass is 16.1. The molecule has 0 spiro atoms. The van der Waals surface area contributed by atoms with Gasteiger partial charge in [0.1, 0.15) is 0 Å². The number of carbonyl (C=O) groups excluding carboxylic acids is 1. The number of ketones is 1. The quantitative estimate of drug-likeness (QED) is 0.739. The summed E-state index contributed by atoms with van der Waals surface area (Å²) < 4.78 is 2.14. The van der Waals surface area contributed by atoms with Crippen molar-refractivity contribution in [3.05, 3.63) is 23.0 Å². The van der Waals surface area contributed by atoms with Crippen LogP contribution in [0.1, 0.15) is 42.0 Å². The zero-order chi connectivity index (χ0) is 14.6. The average Bonchev–Trinajstić information content (AvgIpc) is 2.64. The monoisotopic (exact) mass is 261 g/mol. The van der Waals surface area contributed by atoms with Gasteiger partial charge in [0.2, 0.25) is 0 Å². The lowest BCUT2D eigenvalue weighted by Gasteiger charge is -2.21. The van der Waals surface area contributed by atoms with Crippen LogP contribution in [-0.2, 0) is 6.54 Å². The first-order chi connectivity index (χ1) is 8.92. The Morgan fingerprint density at radius 2 is 2.16 bits per heavy atom. The van der Waals surface area contributed by atoms with Crippen LogP contribution in [0.25, 0.3) is 0 Å². The summed E-state index contributed by atoms with van der Waals surface area (Å²) in [5, 5.41) is 8.69. The van der Waals surface area contributed by atoms with Crippen molar-refractivity contribution in [1.82, 2.24) is 9.47 Å². The number of aryl methyl sites for hydroxylation is 1. The van der Waals surface area contributed by atoms with Gasteiger partial charge in [-0.2, -0.15) is 5.26 Å². The molecule has 4 heteroatoms. The third-order valence-corrected chi connectivity index (χ3v) is 3.72. The lowest BCUT2D eigenvalue weighted by atomic mass is 10.1. The Bertz CT molecular complexity index is 496. The van der Waals surface area contributed by atoms with E-state index < -0.39 is 0 Å². The van der Waals surface area contributed by atoms with Gasteiger partial charge in [0.05, 0.1) is 19.0 Å². The van der Waals surface area contributed by atoms with Crippen LogP contribution in [0.2, 0.25) is 0 Å². The molecule has 0 saturated carbocycles. The standard InChI is InChI=1S/C15H23N3O/c1-6-18-12(3)9-14(13(18)4)15(19)10-17(5)11(2)7-8-16/h9,11H,6-7,10H2,1-5H3. The molecule has 0 aromatic carbocycles. The van der Waals surface area contributed by atoms with E-state index in [9.17, 15) is 4.79 Å². The van der Waals surface area contributed by atoms with Crippen molar-refractivity contribution >= 4 is 5.78 Å². The lowest BCUT2D eigenvalue weighted by Crippen LogP contribution is -2.33. The molecule has 0 aliphatic heterocycles. The topological polar surface area (TPSA) is 49.0 Å². The van der Waals surface area contributed by atoms with Gasteiger partial charge < -0.3 is 4.57 Å². The second kappa shape index (κ2) is 6.53. The summed E-state index contributed by atoms with van der Waals surface area (Å²) in [6.07, 6.45) is 0.442. The summed E-state index contributed by atoms with van der Waals surface area (Å²) in [5.41, 5.74) is 2.96. The molecule has 0 bridgehead atoms. The number of aromatic nitrogens is 1. The summed E-state index contributed by atoms with van der Waals surface area (Å²) in [7, 11) is 1.89. The molecule has 104 valence electrons. The molecular weight excluding hydrogens is 238 g/mol. The molecule has 1 heterocycles. The van der Waals surface area contributed by atoms with Crippen molar-refractivity contribution in [2.45, 2.75) is 46.7 Å². The molecule has 0 fully saturated rings. The summed E-state index contributed by atoms with van der Waals surface area (Å²) in [5.74, 6) is 0.125. The number of carbonyl (C=O) groups is 1. The van der Waals surface area contributed by atoms with Crippen molar-refractivity contribution in [2.75, 3.05) is 13.6 Å². The Labute approximate surface area is 115 Å². The highest BCUT2D eigenvalue weighted by Crippen LogP contribution is 2.16. The predicted molar refractivity (Wildman–Crippen MR) is 76.2 cm³/mol. The van der Waals surface area contributed by atoms with Gasteiger partial charge in [-0.05, 0) is 40.8 Å². The van der Waals surface area contributed by atoms with E-state index in [0.29, 0.717) is 13.0 Å². The smallest absolute Gasteiger partial charge is 0.178 e. The lowest BCUT2D eigenvalue weighted by molar-refractivity contribution is 0.0925. The van der Waals surface area contributed by atoms with Gasteiger partial charge in [-0.25, -0.2) is 0 Å². The fraction of sp³-hybridized carbons (Fsp3) is 0.600. The summed E-state index contributed by atoms with van der Waals surface area (Å²) in [6.45, 7) is 9.29. The molecule has 0 saturated heterocycles. The molecule has 1 atom stereocenters. The minimum atomic E-state index is 0.101. The van der Waals surface area contributed by atoms with Crippen molar-refractivity contribution in [3.63, 3.8) is 0 Å². The Balaban J connectivity index is 2.82. The van der Waals surface area contributed by atoms with E-state index in [1.807, 2.05) is 38.8 Å². The van der Waals surface area contributed by atoms with E-state index in [4.69, 9.17) is 5.26 Å². The Hall–Kier alpha value is -1.60. The Morgan fingerprint density at radius 1 is 1.53 bits per heavy atom. The molecule has 0 amide bonds. The van der Waals surface area contributed by atoms with Gasteiger partial charge in [0.25, 0.3) is 0 Å². The van der Waals surface area contributed by atoms with Crippen molar-refractivity contribution < 1.29 is 4.79 Å². The zero-order valence-corrected chi connectivity index (χ0v) is 12.5. The summed E-state index contributed by atoms with van der Waals surface area (Å²) >= 11 is 0. The predicted octanol–water partition coefficient (Wildman–Crippen LogP) is 2.54. The van der Waals surface area contributed by atoms with E-state index in [0.717, 1.165) is 23.5 Å². The van der Waals surface area contributed by atoms with Crippen LogP contribution in [0.15, 0.2) is 6.07 Å². The van der Waals surface area contributed by atoms with E-state index in [-0.39, 0.29) is 11.8 Å². The summed E-state index contributed by atoms with van der Waals surface area (Å²) in [6, 6.07) is 4.20. The molecule has 1 aromatic heterocycles. The maximum atomic E-state index is 12.3. The number of hydrogen-bond acceptors (Lipinski definition) is 3. The number of nitriles is 1. The number of Topliss-reactive ketones (excluding diaryl/α,β-unsaturated/α-hetero) is 1. The third-order valence-electron chi connectivity index (χ3n) is 3.72. The largest absolute Gasteiger partial charge is 0.349 e. The first-order valence-electron chi connectivity index (χ1n) is 6.69. The van der Waals surface area contributed by atoms with Gasteiger partial charge >= 0.3 is 0 Å². The zero-order valence-electron chi connectivity index (χ0n) is 12.5. The molecule has 19 heavy (non-hydrogen) atoms. The molecule has 1 rings (SSSR count). The summed E-state index contributed by atoms with van der Waals surface area (Å²) in [4.78, 5) is 14.3. The highest BCUT2D eigenvalue weighted by molar-refractivity contribution is 5.99. The van der Waals surface area contributed by atoms with E-state index in [1.165, 1.54) is 0 Å². The van der Waals surface area contributed by atoms with Gasteiger partial charge in [-0.3, -0.25) is 9.69 Å². The second-order valence-corrected chi connectivity index (χ2v) is 5.08. The molecule has 0 aliphatic carbocycles. The third kappa shape index (κ3) is 3.45. The molecule has 0 radical (unpaired) electrons. The van der Waals surface area contributed by atoms with Crippen LogP contribution in [0.5, 0.6) is 0 Å². The van der Waals surface area contributed by atoms with Crippen LogP contribution < -0.4 is 0 Å². The molecule has 1 aromatic rings. The molecule has 0 N–H and O–H groups in total. The van der Waals surface area contributed by atoms with Crippen molar-refractivity contribution in [1.29, 1.82) is 5.26 Å². The van der Waals surface area contributed by atoms with Gasteiger partial charge in [0.15, 0.2) is 5.78 Å². The number of hydrogen-bond donors (Lipinski definition) is 0. The van der Waals surface area contributed by atoms with Crippen LogP contribution >= 0.6 is 0 Å². The minimum Gasteiger partial charge on any atom is -0.349 e. The maximum absolute atomic E-state index is 12.3. The Morgan fingerprint density at radius 3 is 2.63 bits per heavy atom. The van der Waals surface area contributed by atoms with Gasteiger partial charge in [-0.1, -0.05) is 0 Å². The van der Waals surface area contributed by atoms with Gasteiger partial charge in [0, 0.05) is 29.5 Å². The van der Waals surface area contributed by atoms with Crippen molar-refractivity contribution in [3.8, 4) is 6.07 Å². The fourth-order valence-corrected chi connectivity index (χ4v) is 2.33. The molecule has 0 aliphatic rings. The molecule has 4 nitrogen and oxygen atoms in total. The maximum Gasteiger partial charge on any atom is 0.178 e.